The second-order valence-electron chi connectivity index (χ2n) is 9.66. The third kappa shape index (κ3) is 4.55. The molecule has 0 saturated carbocycles. The highest BCUT2D eigenvalue weighted by Crippen LogP contribution is 2.37. The highest BCUT2D eigenvalue weighted by atomic mass is 16.3. The molecule has 1 heterocycles. The average Bonchev–Trinajstić information content (AvgIpc) is 3.20. The molecule has 0 spiro atoms. The van der Waals surface area contributed by atoms with E-state index in [-0.39, 0.29) is 24.1 Å². The lowest BCUT2D eigenvalue weighted by molar-refractivity contribution is 0.246. The SMILES string of the molecule is CC1CCC(NC(=O)Nc2cc(C(C)(C)C)nn2-c2cccc(CO)c2)c2ccccc21. The summed E-state index contributed by atoms with van der Waals surface area (Å²) in [6, 6.07) is 17.5. The maximum Gasteiger partial charge on any atom is 0.320 e. The highest BCUT2D eigenvalue weighted by molar-refractivity contribution is 5.89. The van der Waals surface area contributed by atoms with Crippen molar-refractivity contribution in [3.63, 3.8) is 0 Å². The molecular weight excluding hydrogens is 400 g/mol. The number of anilines is 1. The summed E-state index contributed by atoms with van der Waals surface area (Å²) >= 11 is 0. The first-order chi connectivity index (χ1) is 15.3. The summed E-state index contributed by atoms with van der Waals surface area (Å²) in [6.45, 7) is 8.46. The molecule has 6 nitrogen and oxygen atoms in total. The van der Waals surface area contributed by atoms with E-state index in [1.54, 1.807) is 4.68 Å². The Morgan fingerprint density at radius 2 is 1.84 bits per heavy atom. The Bertz CT molecular complexity index is 1110. The van der Waals surface area contributed by atoms with Gasteiger partial charge in [-0.25, -0.2) is 9.48 Å². The molecule has 0 fully saturated rings. The number of rotatable bonds is 4. The summed E-state index contributed by atoms with van der Waals surface area (Å²) in [5.74, 6) is 1.10. The van der Waals surface area contributed by atoms with E-state index in [4.69, 9.17) is 5.10 Å². The first-order valence-electron chi connectivity index (χ1n) is 11.2. The van der Waals surface area contributed by atoms with Crippen LogP contribution in [0.4, 0.5) is 10.6 Å². The molecule has 0 radical (unpaired) electrons. The number of benzene rings is 2. The van der Waals surface area contributed by atoms with E-state index in [9.17, 15) is 9.90 Å². The summed E-state index contributed by atoms with van der Waals surface area (Å²) in [6.07, 6.45) is 1.96. The lowest BCUT2D eigenvalue weighted by atomic mass is 9.81. The number of amides is 2. The van der Waals surface area contributed by atoms with E-state index in [1.165, 1.54) is 11.1 Å². The number of hydrogen-bond donors (Lipinski definition) is 3. The normalized spacial score (nSPS) is 18.2. The average molecular weight is 433 g/mol. The molecule has 2 atom stereocenters. The Balaban J connectivity index is 1.60. The predicted octanol–water partition coefficient (Wildman–Crippen LogP) is 5.42. The second kappa shape index (κ2) is 8.79. The van der Waals surface area contributed by atoms with Crippen molar-refractivity contribution in [2.24, 2.45) is 0 Å². The van der Waals surface area contributed by atoms with E-state index in [2.05, 4.69) is 56.5 Å². The van der Waals surface area contributed by atoms with Gasteiger partial charge in [-0.2, -0.15) is 5.10 Å². The first kappa shape index (κ1) is 22.1. The van der Waals surface area contributed by atoms with E-state index >= 15 is 0 Å². The smallest absolute Gasteiger partial charge is 0.320 e. The minimum absolute atomic E-state index is 0.0152. The molecule has 3 aromatic rings. The van der Waals surface area contributed by atoms with Crippen LogP contribution in [-0.4, -0.2) is 20.9 Å². The molecule has 168 valence electrons. The Morgan fingerprint density at radius 1 is 1.09 bits per heavy atom. The number of nitrogens with zero attached hydrogens (tertiary/aromatic N) is 2. The van der Waals surface area contributed by atoms with Crippen LogP contribution in [0.3, 0.4) is 0 Å². The van der Waals surface area contributed by atoms with Crippen molar-refractivity contribution in [1.29, 1.82) is 0 Å². The molecule has 1 aliphatic rings. The fraction of sp³-hybridized carbons (Fsp3) is 0.385. The van der Waals surface area contributed by atoms with Gasteiger partial charge < -0.3 is 10.4 Å². The van der Waals surface area contributed by atoms with Crippen molar-refractivity contribution >= 4 is 11.8 Å². The van der Waals surface area contributed by atoms with Crippen LogP contribution >= 0.6 is 0 Å². The Labute approximate surface area is 189 Å². The molecule has 2 unspecified atom stereocenters. The Hall–Kier alpha value is -3.12. The van der Waals surface area contributed by atoms with E-state index in [0.717, 1.165) is 29.8 Å². The van der Waals surface area contributed by atoms with Gasteiger partial charge in [0, 0.05) is 11.5 Å². The molecular formula is C26H32N4O2. The monoisotopic (exact) mass is 432 g/mol. The summed E-state index contributed by atoms with van der Waals surface area (Å²) in [5, 5.41) is 20.5. The summed E-state index contributed by atoms with van der Waals surface area (Å²) in [7, 11) is 0. The number of hydrogen-bond acceptors (Lipinski definition) is 3. The van der Waals surface area contributed by atoms with Crippen LogP contribution in [0.1, 0.15) is 74.9 Å². The Kier molecular flexibility index (Phi) is 6.07. The fourth-order valence-electron chi connectivity index (χ4n) is 4.29. The number of carbonyl (C=O) groups is 1. The second-order valence-corrected chi connectivity index (χ2v) is 9.66. The lowest BCUT2D eigenvalue weighted by Gasteiger charge is -2.30. The molecule has 1 aliphatic carbocycles. The number of fused-ring (bicyclic) bond motifs is 1. The molecule has 2 aromatic carbocycles. The Morgan fingerprint density at radius 3 is 2.56 bits per heavy atom. The van der Waals surface area contributed by atoms with Gasteiger partial charge in [-0.3, -0.25) is 5.32 Å². The third-order valence-corrected chi connectivity index (χ3v) is 6.15. The quantitative estimate of drug-likeness (QED) is 0.515. The topological polar surface area (TPSA) is 79.2 Å². The number of aliphatic hydroxyl groups excluding tert-OH is 1. The van der Waals surface area contributed by atoms with Crippen LogP contribution in [-0.2, 0) is 12.0 Å². The van der Waals surface area contributed by atoms with Gasteiger partial charge in [-0.05, 0) is 47.6 Å². The number of aliphatic hydroxyl groups is 1. The van der Waals surface area contributed by atoms with Gasteiger partial charge in [-0.1, -0.05) is 64.1 Å². The van der Waals surface area contributed by atoms with Crippen molar-refractivity contribution in [1.82, 2.24) is 15.1 Å². The molecule has 1 aromatic heterocycles. The van der Waals surface area contributed by atoms with Crippen molar-refractivity contribution < 1.29 is 9.90 Å². The third-order valence-electron chi connectivity index (χ3n) is 6.15. The fourth-order valence-corrected chi connectivity index (χ4v) is 4.29. The molecule has 4 rings (SSSR count). The van der Waals surface area contributed by atoms with E-state index in [1.807, 2.05) is 36.4 Å². The minimum atomic E-state index is -0.251. The lowest BCUT2D eigenvalue weighted by Crippen LogP contribution is -2.35. The number of carbonyl (C=O) groups excluding carboxylic acids is 1. The zero-order valence-electron chi connectivity index (χ0n) is 19.2. The predicted molar refractivity (Wildman–Crippen MR) is 127 cm³/mol. The van der Waals surface area contributed by atoms with Gasteiger partial charge in [0.25, 0.3) is 0 Å². The van der Waals surface area contributed by atoms with Gasteiger partial charge >= 0.3 is 6.03 Å². The zero-order valence-corrected chi connectivity index (χ0v) is 19.2. The molecule has 6 heteroatoms. The van der Waals surface area contributed by atoms with Gasteiger partial charge in [0.2, 0.25) is 0 Å². The van der Waals surface area contributed by atoms with Crippen molar-refractivity contribution in [2.45, 2.75) is 64.5 Å². The molecule has 3 N–H and O–H groups in total. The highest BCUT2D eigenvalue weighted by Gasteiger charge is 2.26. The molecule has 2 amide bonds. The standard InChI is InChI=1S/C26H32N4O2/c1-17-12-13-22(21-11-6-5-10-20(17)21)27-25(32)28-24-15-23(26(2,3)4)29-30(24)19-9-7-8-18(14-19)16-31/h5-11,14-15,17,22,31H,12-13,16H2,1-4H3,(H2,27,28,32). The van der Waals surface area contributed by atoms with Crippen LogP contribution in [0, 0.1) is 0 Å². The zero-order chi connectivity index (χ0) is 22.9. The summed E-state index contributed by atoms with van der Waals surface area (Å²) < 4.78 is 1.73. The molecule has 32 heavy (non-hydrogen) atoms. The van der Waals surface area contributed by atoms with Crippen molar-refractivity contribution in [2.75, 3.05) is 5.32 Å². The largest absolute Gasteiger partial charge is 0.392 e. The van der Waals surface area contributed by atoms with Gasteiger partial charge in [-0.15, -0.1) is 0 Å². The van der Waals surface area contributed by atoms with Crippen LogP contribution in [0.2, 0.25) is 0 Å². The molecule has 0 bridgehead atoms. The summed E-state index contributed by atoms with van der Waals surface area (Å²) in [5.41, 5.74) is 4.79. The number of aromatic nitrogens is 2. The number of urea groups is 1. The maximum atomic E-state index is 13.0. The van der Waals surface area contributed by atoms with Crippen LogP contribution < -0.4 is 10.6 Å². The van der Waals surface area contributed by atoms with Crippen molar-refractivity contribution in [3.05, 3.63) is 77.0 Å². The molecule has 0 aliphatic heterocycles. The maximum absolute atomic E-state index is 13.0. The van der Waals surface area contributed by atoms with E-state index in [0.29, 0.717) is 11.7 Å². The van der Waals surface area contributed by atoms with Crippen LogP contribution in [0.5, 0.6) is 0 Å². The molecule has 0 saturated heterocycles. The van der Waals surface area contributed by atoms with Gasteiger partial charge in [0.05, 0.1) is 24.0 Å². The van der Waals surface area contributed by atoms with Gasteiger partial charge in [0.15, 0.2) is 0 Å². The first-order valence-corrected chi connectivity index (χ1v) is 11.2. The van der Waals surface area contributed by atoms with Crippen molar-refractivity contribution in [3.8, 4) is 5.69 Å². The van der Waals surface area contributed by atoms with E-state index < -0.39 is 0 Å². The summed E-state index contributed by atoms with van der Waals surface area (Å²) in [4.78, 5) is 13.0. The minimum Gasteiger partial charge on any atom is -0.392 e. The van der Waals surface area contributed by atoms with Crippen LogP contribution in [0.25, 0.3) is 5.69 Å². The number of nitrogens with one attached hydrogen (secondary N) is 2. The van der Waals surface area contributed by atoms with Crippen LogP contribution in [0.15, 0.2) is 54.6 Å². The van der Waals surface area contributed by atoms with Gasteiger partial charge in [0.1, 0.15) is 5.82 Å².